The Kier molecular flexibility index (Phi) is 8.17. The second-order valence-corrected chi connectivity index (χ2v) is 16.1. The van der Waals surface area contributed by atoms with E-state index in [0.29, 0.717) is 0 Å². The molecule has 0 nitrogen and oxygen atoms in total. The first-order valence-corrected chi connectivity index (χ1v) is 17.4. The van der Waals surface area contributed by atoms with Crippen LogP contribution in [-0.2, 0) is 0 Å². The lowest BCUT2D eigenvalue weighted by Gasteiger charge is -2.30. The highest BCUT2D eigenvalue weighted by molar-refractivity contribution is 7.59. The van der Waals surface area contributed by atoms with Crippen LogP contribution in [0.5, 0.6) is 0 Å². The SMILES string of the molecule is c1ccc([C@@H]2CC[C@@H](c3ccccc3)P2CCCP2[C@H](c3ccccc3)CC[C@H]2c2ccccc2)cc1. The Bertz CT molecular complexity index is 1030. The highest BCUT2D eigenvalue weighted by atomic mass is 31.1. The van der Waals surface area contributed by atoms with Crippen LogP contribution < -0.4 is 0 Å². The first-order chi connectivity index (χ1) is 18.4. The molecule has 2 heteroatoms. The minimum atomic E-state index is -0.0715. The zero-order chi connectivity index (χ0) is 24.9. The lowest BCUT2D eigenvalue weighted by molar-refractivity contribution is 0.765. The smallest absolute Gasteiger partial charge is 0.00476 e. The van der Waals surface area contributed by atoms with E-state index in [4.69, 9.17) is 0 Å². The third-order valence-corrected chi connectivity index (χ3v) is 15.7. The largest absolute Gasteiger partial charge is 0.0913 e. The molecule has 2 saturated heterocycles. The quantitative estimate of drug-likeness (QED) is 0.203. The molecule has 4 aromatic rings. The van der Waals surface area contributed by atoms with Crippen molar-refractivity contribution in [1.29, 1.82) is 0 Å². The van der Waals surface area contributed by atoms with Crippen LogP contribution in [0.25, 0.3) is 0 Å². The summed E-state index contributed by atoms with van der Waals surface area (Å²) in [7, 11) is -0.143. The average Bonchev–Trinajstić information content (AvgIpc) is 3.60. The van der Waals surface area contributed by atoms with Crippen molar-refractivity contribution < 1.29 is 0 Å². The molecular formula is C35H38P2. The van der Waals surface area contributed by atoms with Gasteiger partial charge >= 0.3 is 0 Å². The van der Waals surface area contributed by atoms with Gasteiger partial charge in [-0.05, 0) is 66.7 Å². The highest BCUT2D eigenvalue weighted by Crippen LogP contribution is 2.73. The van der Waals surface area contributed by atoms with Crippen molar-refractivity contribution in [1.82, 2.24) is 0 Å². The summed E-state index contributed by atoms with van der Waals surface area (Å²) >= 11 is 0. The number of hydrogen-bond acceptors (Lipinski definition) is 0. The summed E-state index contributed by atoms with van der Waals surface area (Å²) in [6, 6.07) is 45.8. The highest BCUT2D eigenvalue weighted by Gasteiger charge is 2.39. The van der Waals surface area contributed by atoms with Crippen molar-refractivity contribution in [2.45, 2.75) is 54.7 Å². The minimum absolute atomic E-state index is 0.0715. The minimum Gasteiger partial charge on any atom is -0.0913 e. The third-order valence-electron chi connectivity index (χ3n) is 8.60. The maximum Gasteiger partial charge on any atom is 0.00476 e. The first-order valence-electron chi connectivity index (χ1n) is 14.1. The first kappa shape index (κ1) is 25.0. The number of hydrogen-bond donors (Lipinski definition) is 0. The van der Waals surface area contributed by atoms with Gasteiger partial charge in [-0.15, -0.1) is 0 Å². The zero-order valence-corrected chi connectivity index (χ0v) is 23.5. The summed E-state index contributed by atoms with van der Waals surface area (Å²) in [5.74, 6) is 0. The van der Waals surface area contributed by atoms with Gasteiger partial charge in [0.2, 0.25) is 0 Å². The summed E-state index contributed by atoms with van der Waals surface area (Å²) in [6.07, 6.45) is 9.61. The summed E-state index contributed by atoms with van der Waals surface area (Å²) < 4.78 is 0. The van der Waals surface area contributed by atoms with Crippen LogP contribution in [0.4, 0.5) is 0 Å². The van der Waals surface area contributed by atoms with Crippen LogP contribution in [0.15, 0.2) is 121 Å². The van der Waals surface area contributed by atoms with Crippen molar-refractivity contribution >= 4 is 15.8 Å². The van der Waals surface area contributed by atoms with Gasteiger partial charge in [-0.3, -0.25) is 0 Å². The van der Waals surface area contributed by atoms with Crippen LogP contribution in [0, 0.1) is 0 Å². The second-order valence-electron chi connectivity index (χ2n) is 10.7. The van der Waals surface area contributed by atoms with E-state index < -0.39 is 0 Å². The Hall–Kier alpha value is -2.26. The van der Waals surface area contributed by atoms with E-state index >= 15 is 0 Å². The number of benzene rings is 4. The fourth-order valence-electron chi connectivity index (χ4n) is 6.92. The molecule has 2 aliphatic heterocycles. The molecule has 4 aromatic carbocycles. The van der Waals surface area contributed by atoms with E-state index in [2.05, 4.69) is 121 Å². The summed E-state index contributed by atoms with van der Waals surface area (Å²) in [6.45, 7) is 0. The summed E-state index contributed by atoms with van der Waals surface area (Å²) in [5, 5.41) is 0. The van der Waals surface area contributed by atoms with Crippen molar-refractivity contribution in [2.24, 2.45) is 0 Å². The van der Waals surface area contributed by atoms with E-state index in [1.807, 2.05) is 0 Å². The average molecular weight is 521 g/mol. The predicted octanol–water partition coefficient (Wildman–Crippen LogP) is 10.9. The molecule has 188 valence electrons. The number of rotatable bonds is 8. The normalized spacial score (nSPS) is 24.4. The third kappa shape index (κ3) is 5.62. The molecular weight excluding hydrogens is 482 g/mol. The molecule has 0 spiro atoms. The Morgan fingerprint density at radius 3 is 0.865 bits per heavy atom. The van der Waals surface area contributed by atoms with Crippen molar-refractivity contribution in [2.75, 3.05) is 12.3 Å². The molecule has 0 saturated carbocycles. The van der Waals surface area contributed by atoms with Gasteiger partial charge in [-0.25, -0.2) is 0 Å². The second kappa shape index (κ2) is 12.1. The van der Waals surface area contributed by atoms with Gasteiger partial charge in [-0.2, -0.15) is 0 Å². The molecule has 0 N–H and O–H groups in total. The topological polar surface area (TPSA) is 0 Å². The van der Waals surface area contributed by atoms with Gasteiger partial charge in [-0.1, -0.05) is 137 Å². The molecule has 0 unspecified atom stereocenters. The van der Waals surface area contributed by atoms with Gasteiger partial charge in [0.1, 0.15) is 0 Å². The van der Waals surface area contributed by atoms with Crippen LogP contribution in [0.1, 0.15) is 77.0 Å². The molecule has 2 fully saturated rings. The van der Waals surface area contributed by atoms with Gasteiger partial charge in [0, 0.05) is 22.6 Å². The van der Waals surface area contributed by atoms with Gasteiger partial charge in [0.25, 0.3) is 0 Å². The van der Waals surface area contributed by atoms with Crippen LogP contribution in [0.2, 0.25) is 0 Å². The Morgan fingerprint density at radius 2 is 0.622 bits per heavy atom. The molecule has 2 heterocycles. The van der Waals surface area contributed by atoms with Crippen molar-refractivity contribution in [3.63, 3.8) is 0 Å². The van der Waals surface area contributed by atoms with Crippen molar-refractivity contribution in [3.8, 4) is 0 Å². The van der Waals surface area contributed by atoms with Crippen LogP contribution in [0.3, 0.4) is 0 Å². The van der Waals surface area contributed by atoms with E-state index in [1.165, 1.54) is 44.4 Å². The molecule has 2 aliphatic rings. The summed E-state index contributed by atoms with van der Waals surface area (Å²) in [4.78, 5) is 0. The standard InChI is InChI=1S/C35H38P2/c1-5-14-28(15-6-1)32-22-23-33(29-16-7-2-8-17-29)36(32)26-13-27-37-34(30-18-9-3-10-19-30)24-25-35(37)31-20-11-4-12-21-31/h1-12,14-21,32-35H,13,22-27H2/t32-,33-,34-,35-/m0/s1. The van der Waals surface area contributed by atoms with E-state index in [0.717, 1.165) is 22.6 Å². The maximum atomic E-state index is 2.39. The molecule has 0 radical (unpaired) electrons. The van der Waals surface area contributed by atoms with E-state index in [1.54, 1.807) is 22.3 Å². The van der Waals surface area contributed by atoms with Crippen LogP contribution >= 0.6 is 15.8 Å². The van der Waals surface area contributed by atoms with Gasteiger partial charge in [0.05, 0.1) is 0 Å². The Balaban J connectivity index is 1.23. The fourth-order valence-corrected chi connectivity index (χ4v) is 14.5. The molecule has 0 aromatic heterocycles. The molecule has 0 amide bonds. The Labute approximate surface area is 226 Å². The fraction of sp³-hybridized carbons (Fsp3) is 0.314. The predicted molar refractivity (Wildman–Crippen MR) is 163 cm³/mol. The lowest BCUT2D eigenvalue weighted by atomic mass is 10.0. The zero-order valence-electron chi connectivity index (χ0n) is 21.7. The molecule has 6 rings (SSSR count). The molecule has 0 aliphatic carbocycles. The monoisotopic (exact) mass is 520 g/mol. The van der Waals surface area contributed by atoms with Gasteiger partial charge < -0.3 is 0 Å². The molecule has 4 atom stereocenters. The molecule has 0 bridgehead atoms. The molecule has 37 heavy (non-hydrogen) atoms. The Morgan fingerprint density at radius 1 is 0.378 bits per heavy atom. The summed E-state index contributed by atoms with van der Waals surface area (Å²) in [5.41, 5.74) is 9.37. The van der Waals surface area contributed by atoms with Crippen molar-refractivity contribution in [3.05, 3.63) is 144 Å². The van der Waals surface area contributed by atoms with Gasteiger partial charge in [0.15, 0.2) is 0 Å². The van der Waals surface area contributed by atoms with E-state index in [-0.39, 0.29) is 15.8 Å². The van der Waals surface area contributed by atoms with E-state index in [9.17, 15) is 0 Å². The lowest BCUT2D eigenvalue weighted by Crippen LogP contribution is -2.03. The van der Waals surface area contributed by atoms with Crippen LogP contribution in [-0.4, -0.2) is 12.3 Å². The maximum absolute atomic E-state index is 2.39.